The summed E-state index contributed by atoms with van der Waals surface area (Å²) in [4.78, 5) is 20.6. The first kappa shape index (κ1) is 17.6. The van der Waals surface area contributed by atoms with Crippen LogP contribution in [-0.4, -0.2) is 15.9 Å². The molecule has 0 saturated carbocycles. The minimum atomic E-state index is -0.185. The highest BCUT2D eigenvalue weighted by Crippen LogP contribution is 2.07. The van der Waals surface area contributed by atoms with Crippen molar-refractivity contribution in [3.63, 3.8) is 0 Å². The Morgan fingerprint density at radius 1 is 0.808 bits per heavy atom. The van der Waals surface area contributed by atoms with Crippen molar-refractivity contribution in [2.24, 2.45) is 0 Å². The molecule has 0 spiro atoms. The average molecular weight is 346 g/mol. The van der Waals surface area contributed by atoms with E-state index in [1.54, 1.807) is 0 Å². The molecule has 0 aliphatic rings. The number of carbonyl (C=O) groups excluding carboxylic acids is 1. The minimum Gasteiger partial charge on any atom is -0.350 e. The molecule has 0 aliphatic carbocycles. The second-order valence-electron chi connectivity index (χ2n) is 6.30. The number of hydrogen-bond donors (Lipinski definition) is 2. The standard InChI is InChI=1S/C21H22N4O/c1-15-3-7-17(8-4-15)11-22-20(26)19-13-24-21(25-14-19)23-12-18-9-5-16(2)6-10-18/h3-10,13-14H,11-12H2,1-2H3,(H,22,26)(H,23,24,25). The van der Waals surface area contributed by atoms with E-state index in [4.69, 9.17) is 0 Å². The summed E-state index contributed by atoms with van der Waals surface area (Å²) < 4.78 is 0. The van der Waals surface area contributed by atoms with Crippen LogP contribution in [-0.2, 0) is 13.1 Å². The quantitative estimate of drug-likeness (QED) is 0.715. The van der Waals surface area contributed by atoms with Gasteiger partial charge in [0.15, 0.2) is 0 Å². The van der Waals surface area contributed by atoms with Crippen LogP contribution < -0.4 is 10.6 Å². The summed E-state index contributed by atoms with van der Waals surface area (Å²) in [5, 5.41) is 6.03. The van der Waals surface area contributed by atoms with Gasteiger partial charge in [0.1, 0.15) is 0 Å². The van der Waals surface area contributed by atoms with Crippen molar-refractivity contribution < 1.29 is 4.79 Å². The number of nitrogens with zero attached hydrogens (tertiary/aromatic N) is 2. The number of benzene rings is 2. The summed E-state index contributed by atoms with van der Waals surface area (Å²) in [6.07, 6.45) is 3.07. The number of hydrogen-bond acceptors (Lipinski definition) is 4. The van der Waals surface area contributed by atoms with Gasteiger partial charge in [-0.15, -0.1) is 0 Å². The molecule has 1 amide bonds. The highest BCUT2D eigenvalue weighted by Gasteiger charge is 2.07. The van der Waals surface area contributed by atoms with Gasteiger partial charge in [-0.05, 0) is 25.0 Å². The Labute approximate surface area is 153 Å². The van der Waals surface area contributed by atoms with Crippen molar-refractivity contribution in [1.82, 2.24) is 15.3 Å². The summed E-state index contributed by atoms with van der Waals surface area (Å²) in [6.45, 7) is 5.21. The molecule has 0 unspecified atom stereocenters. The Morgan fingerprint density at radius 3 is 1.85 bits per heavy atom. The molecule has 0 atom stereocenters. The largest absolute Gasteiger partial charge is 0.350 e. The molecule has 2 aromatic carbocycles. The van der Waals surface area contributed by atoms with E-state index in [0.717, 1.165) is 11.1 Å². The fourth-order valence-electron chi connectivity index (χ4n) is 2.41. The first-order valence-electron chi connectivity index (χ1n) is 8.55. The molecule has 1 heterocycles. The fraction of sp³-hybridized carbons (Fsp3) is 0.190. The van der Waals surface area contributed by atoms with Gasteiger partial charge in [0, 0.05) is 25.5 Å². The van der Waals surface area contributed by atoms with Crippen LogP contribution >= 0.6 is 0 Å². The van der Waals surface area contributed by atoms with E-state index in [0.29, 0.717) is 24.6 Å². The van der Waals surface area contributed by atoms with Gasteiger partial charge >= 0.3 is 0 Å². The predicted molar refractivity (Wildman–Crippen MR) is 103 cm³/mol. The molecule has 2 N–H and O–H groups in total. The first-order chi connectivity index (χ1) is 12.6. The van der Waals surface area contributed by atoms with Gasteiger partial charge < -0.3 is 10.6 Å². The van der Waals surface area contributed by atoms with Crippen molar-refractivity contribution in [2.45, 2.75) is 26.9 Å². The van der Waals surface area contributed by atoms with Crippen LogP contribution in [0.25, 0.3) is 0 Å². The topological polar surface area (TPSA) is 66.9 Å². The third-order valence-electron chi connectivity index (χ3n) is 4.06. The van der Waals surface area contributed by atoms with E-state index in [-0.39, 0.29) is 5.91 Å². The molecule has 0 fully saturated rings. The molecule has 5 heteroatoms. The van der Waals surface area contributed by atoms with Gasteiger partial charge in [0.05, 0.1) is 5.56 Å². The number of rotatable bonds is 6. The Kier molecular flexibility index (Phi) is 5.59. The van der Waals surface area contributed by atoms with E-state index in [9.17, 15) is 4.79 Å². The molecular weight excluding hydrogens is 324 g/mol. The van der Waals surface area contributed by atoms with Gasteiger partial charge in [-0.3, -0.25) is 4.79 Å². The zero-order chi connectivity index (χ0) is 18.4. The van der Waals surface area contributed by atoms with Gasteiger partial charge in [-0.2, -0.15) is 0 Å². The van der Waals surface area contributed by atoms with Crippen molar-refractivity contribution in [2.75, 3.05) is 5.32 Å². The molecule has 1 aromatic heterocycles. The van der Waals surface area contributed by atoms with E-state index in [1.165, 1.54) is 23.5 Å². The normalized spacial score (nSPS) is 10.4. The number of aromatic nitrogens is 2. The third kappa shape index (κ3) is 4.89. The van der Waals surface area contributed by atoms with E-state index < -0.39 is 0 Å². The molecule has 26 heavy (non-hydrogen) atoms. The first-order valence-corrected chi connectivity index (χ1v) is 8.55. The Bertz CT molecular complexity index is 856. The van der Waals surface area contributed by atoms with Crippen LogP contribution in [0.2, 0.25) is 0 Å². The van der Waals surface area contributed by atoms with Crippen molar-refractivity contribution in [3.8, 4) is 0 Å². The second kappa shape index (κ2) is 8.25. The lowest BCUT2D eigenvalue weighted by atomic mass is 10.1. The Balaban J connectivity index is 1.52. The lowest BCUT2D eigenvalue weighted by molar-refractivity contribution is 0.0950. The highest BCUT2D eigenvalue weighted by molar-refractivity contribution is 5.93. The van der Waals surface area contributed by atoms with Gasteiger partial charge in [0.25, 0.3) is 5.91 Å². The second-order valence-corrected chi connectivity index (χ2v) is 6.30. The monoisotopic (exact) mass is 346 g/mol. The van der Waals surface area contributed by atoms with Gasteiger partial charge in [-0.1, -0.05) is 59.7 Å². The number of aryl methyl sites for hydroxylation is 2. The van der Waals surface area contributed by atoms with Crippen LogP contribution in [0.15, 0.2) is 60.9 Å². The molecule has 3 aromatic rings. The Morgan fingerprint density at radius 2 is 1.31 bits per heavy atom. The molecule has 5 nitrogen and oxygen atoms in total. The van der Waals surface area contributed by atoms with E-state index in [1.807, 2.05) is 31.2 Å². The molecule has 0 radical (unpaired) electrons. The van der Waals surface area contributed by atoms with Crippen LogP contribution in [0.5, 0.6) is 0 Å². The molecule has 132 valence electrons. The highest BCUT2D eigenvalue weighted by atomic mass is 16.1. The number of nitrogens with one attached hydrogen (secondary N) is 2. The molecular formula is C21H22N4O. The lowest BCUT2D eigenvalue weighted by Crippen LogP contribution is -2.23. The summed E-state index contributed by atoms with van der Waals surface area (Å²) in [6, 6.07) is 16.3. The van der Waals surface area contributed by atoms with Gasteiger partial charge in [0.2, 0.25) is 5.95 Å². The maximum atomic E-state index is 12.2. The Hall–Kier alpha value is -3.21. The number of carbonyl (C=O) groups is 1. The SMILES string of the molecule is Cc1ccc(CNC(=O)c2cnc(NCc3ccc(C)cc3)nc2)cc1. The maximum absolute atomic E-state index is 12.2. The van der Waals surface area contributed by atoms with Crippen LogP contribution in [0.3, 0.4) is 0 Å². The third-order valence-corrected chi connectivity index (χ3v) is 4.06. The van der Waals surface area contributed by atoms with E-state index in [2.05, 4.69) is 51.8 Å². The summed E-state index contributed by atoms with van der Waals surface area (Å²) >= 11 is 0. The summed E-state index contributed by atoms with van der Waals surface area (Å²) in [5.41, 5.74) is 5.08. The summed E-state index contributed by atoms with van der Waals surface area (Å²) in [7, 11) is 0. The molecule has 0 saturated heterocycles. The van der Waals surface area contributed by atoms with Crippen LogP contribution in [0, 0.1) is 13.8 Å². The predicted octanol–water partition coefficient (Wildman–Crippen LogP) is 3.64. The summed E-state index contributed by atoms with van der Waals surface area (Å²) in [5.74, 6) is 0.316. The van der Waals surface area contributed by atoms with E-state index >= 15 is 0 Å². The van der Waals surface area contributed by atoms with Crippen molar-refractivity contribution >= 4 is 11.9 Å². The van der Waals surface area contributed by atoms with Crippen molar-refractivity contribution in [3.05, 3.63) is 88.7 Å². The van der Waals surface area contributed by atoms with Crippen molar-refractivity contribution in [1.29, 1.82) is 0 Å². The minimum absolute atomic E-state index is 0.185. The maximum Gasteiger partial charge on any atom is 0.254 e. The smallest absolute Gasteiger partial charge is 0.254 e. The van der Waals surface area contributed by atoms with Gasteiger partial charge in [-0.25, -0.2) is 9.97 Å². The van der Waals surface area contributed by atoms with Crippen LogP contribution in [0.1, 0.15) is 32.6 Å². The zero-order valence-corrected chi connectivity index (χ0v) is 15.0. The van der Waals surface area contributed by atoms with Crippen LogP contribution in [0.4, 0.5) is 5.95 Å². The lowest BCUT2D eigenvalue weighted by Gasteiger charge is -2.07. The molecule has 0 bridgehead atoms. The average Bonchev–Trinajstić information content (AvgIpc) is 2.67. The number of anilines is 1. The molecule has 0 aliphatic heterocycles. The zero-order valence-electron chi connectivity index (χ0n) is 15.0. The molecule has 3 rings (SSSR count). The number of amides is 1. The fourth-order valence-corrected chi connectivity index (χ4v) is 2.41.